The van der Waals surface area contributed by atoms with E-state index >= 15 is 0 Å². The Kier molecular flexibility index (Phi) is 82.2. The molecular weight excluding hydrogens is 604 g/mol. The zero-order valence-corrected chi connectivity index (χ0v) is 17.9. The van der Waals surface area contributed by atoms with Gasteiger partial charge in [0.15, 0.2) is 0 Å². The molecule has 0 saturated heterocycles. The van der Waals surface area contributed by atoms with Crippen molar-refractivity contribution in [3.8, 4) is 0 Å². The molecule has 0 N–H and O–H groups in total. The van der Waals surface area contributed by atoms with E-state index in [4.69, 9.17) is 47.8 Å². The van der Waals surface area contributed by atoms with E-state index in [0.717, 1.165) is 0 Å². The minimum absolute atomic E-state index is 0. The monoisotopic (exact) mass is 604 g/mol. The molecule has 0 aliphatic carbocycles. The van der Waals surface area contributed by atoms with Crippen molar-refractivity contribution < 1.29 is 174 Å². The molecular formula is Cr7O15. The van der Waals surface area contributed by atoms with Gasteiger partial charge in [0.25, 0.3) is 0 Å². The topological polar surface area (TPSA) is 326 Å². The van der Waals surface area contributed by atoms with Crippen molar-refractivity contribution in [2.75, 3.05) is 0 Å². The Morgan fingerprint density at radius 2 is 0.364 bits per heavy atom. The van der Waals surface area contributed by atoms with Crippen molar-refractivity contribution in [2.45, 2.75) is 0 Å². The summed E-state index contributed by atoms with van der Waals surface area (Å²) in [7, 11) is 0. The standard InChI is InChI=1S/7Cr.15O/q;;;4*+3;;;;;;;3*-2;6*-1. The molecule has 0 amide bonds. The third kappa shape index (κ3) is 2110. The van der Waals surface area contributed by atoms with Gasteiger partial charge in [-0.3, -0.25) is 0 Å². The van der Waals surface area contributed by atoms with Crippen LogP contribution in [0.15, 0.2) is 0 Å². The molecule has 0 aliphatic rings. The Hall–Kier alpha value is 2.17. The van der Waals surface area contributed by atoms with Crippen molar-refractivity contribution in [1.29, 1.82) is 0 Å². The molecule has 0 aromatic rings. The van der Waals surface area contributed by atoms with E-state index in [1.54, 1.807) is 0 Å². The van der Waals surface area contributed by atoms with E-state index in [-0.39, 0.29) is 85.9 Å². The zero-order valence-electron chi connectivity index (χ0n) is 8.98. The third-order valence-electron chi connectivity index (χ3n) is 0. The summed E-state index contributed by atoms with van der Waals surface area (Å²) < 4.78 is 103. The van der Waals surface area contributed by atoms with E-state index < -0.39 is 40.8 Å². The van der Waals surface area contributed by atoms with Crippen LogP contribution in [0.4, 0.5) is 0 Å². The van der Waals surface area contributed by atoms with Crippen LogP contribution in [-0.4, -0.2) is 0 Å². The molecule has 0 spiro atoms. The predicted octanol–water partition coefficient (Wildman–Crippen LogP) is -8.22. The average Bonchev–Trinajstić information content (AvgIpc) is 1.41. The Balaban J connectivity index is -0.0000000106. The second-order valence-corrected chi connectivity index (χ2v) is 5.05. The predicted molar refractivity (Wildman–Crippen MR) is 6.18 cm³/mol. The molecule has 0 aromatic carbocycles. The van der Waals surface area contributed by atoms with Crippen LogP contribution < -0.4 is 24.9 Å². The van der Waals surface area contributed by atoms with Gasteiger partial charge in [-0.25, -0.2) is 0 Å². The summed E-state index contributed by atoms with van der Waals surface area (Å²) in [4.78, 5) is 0. The molecule has 0 heterocycles. The molecule has 4 radical (unpaired) electrons. The molecule has 15 nitrogen and oxygen atoms in total. The molecule has 0 aliphatic heterocycles. The Bertz CT molecular complexity index is 341. The first kappa shape index (κ1) is 64.6. The van der Waals surface area contributed by atoms with E-state index in [1.807, 2.05) is 0 Å². The normalized spacial score (nSPS) is 7.91. The molecule has 0 unspecified atom stereocenters. The van der Waals surface area contributed by atoms with Crippen LogP contribution in [0, 0.1) is 0 Å². The first-order chi connectivity index (χ1) is 6.00. The molecule has 0 atom stereocenters. The fourth-order valence-electron chi connectivity index (χ4n) is 0. The fourth-order valence-corrected chi connectivity index (χ4v) is 0. The SMILES string of the molecule is [Cr+3].[Cr+3].[Cr+3].[Cr+3].[O-2].[O-2].[O-2].[O]=[Cr](=[O])([O-])[O-].[O]=[Cr](=[O])([O-])[O-].[O]=[Cr](=[O])([O-])[O-]. The van der Waals surface area contributed by atoms with Gasteiger partial charge >= 0.3 is 158 Å². The third-order valence-corrected chi connectivity index (χ3v) is 0. The van der Waals surface area contributed by atoms with Crippen LogP contribution in [0.3, 0.4) is 0 Å². The second kappa shape index (κ2) is 28.0. The minimum atomic E-state index is -5.75. The maximum absolute atomic E-state index is 8.59. The van der Waals surface area contributed by atoms with Crippen molar-refractivity contribution in [3.05, 3.63) is 0 Å². The van der Waals surface area contributed by atoms with Gasteiger partial charge in [0, 0.05) is 0 Å². The van der Waals surface area contributed by atoms with Gasteiger partial charge in [0.05, 0.1) is 0 Å². The molecule has 0 rings (SSSR count). The van der Waals surface area contributed by atoms with Gasteiger partial charge in [-0.2, -0.15) is 0 Å². The zero-order chi connectivity index (χ0) is 13.5. The summed E-state index contributed by atoms with van der Waals surface area (Å²) in [5.74, 6) is 0. The first-order valence-electron chi connectivity index (χ1n) is 2.00. The van der Waals surface area contributed by atoms with Gasteiger partial charge in [-0.05, 0) is 0 Å². The van der Waals surface area contributed by atoms with Crippen molar-refractivity contribution in [3.63, 3.8) is 0 Å². The van der Waals surface area contributed by atoms with Crippen LogP contribution >= 0.6 is 0 Å². The van der Waals surface area contributed by atoms with Crippen LogP contribution in [0.2, 0.25) is 0 Å². The summed E-state index contributed by atoms with van der Waals surface area (Å²) in [6.07, 6.45) is 0. The van der Waals surface area contributed by atoms with Gasteiger partial charge < -0.3 is 16.4 Å². The van der Waals surface area contributed by atoms with Crippen LogP contribution in [0.5, 0.6) is 0 Å². The van der Waals surface area contributed by atoms with Crippen molar-refractivity contribution in [1.82, 2.24) is 0 Å². The second-order valence-electron chi connectivity index (χ2n) is 1.22. The van der Waals surface area contributed by atoms with Gasteiger partial charge in [-0.1, -0.05) is 0 Å². The van der Waals surface area contributed by atoms with Crippen molar-refractivity contribution in [2.24, 2.45) is 0 Å². The van der Waals surface area contributed by atoms with Crippen LogP contribution in [0.25, 0.3) is 0 Å². The van der Waals surface area contributed by atoms with Gasteiger partial charge in [-0.15, -0.1) is 0 Å². The van der Waals surface area contributed by atoms with E-state index in [9.17, 15) is 0 Å². The molecule has 0 bridgehead atoms. The first-order valence-corrected chi connectivity index (χ1v) is 8.25. The number of hydrogen-bond donors (Lipinski definition) is 0. The fraction of sp³-hybridized carbons (Fsp3) is 0. The van der Waals surface area contributed by atoms with E-state index in [1.165, 1.54) is 0 Å². The maximum atomic E-state index is 8.59. The molecule has 22 heavy (non-hydrogen) atoms. The Labute approximate surface area is 173 Å². The summed E-state index contributed by atoms with van der Waals surface area (Å²) >= 11 is -17.2. The molecule has 22 heteroatoms. The molecule has 0 saturated carbocycles. The summed E-state index contributed by atoms with van der Waals surface area (Å²) in [5, 5.41) is 0. The molecule has 132 valence electrons. The quantitative estimate of drug-likeness (QED) is 0.249. The van der Waals surface area contributed by atoms with Gasteiger partial charge in [0.2, 0.25) is 0 Å². The molecule has 0 aromatic heterocycles. The van der Waals surface area contributed by atoms with E-state index in [2.05, 4.69) is 0 Å². The van der Waals surface area contributed by atoms with E-state index in [0.29, 0.717) is 0 Å². The van der Waals surface area contributed by atoms with Crippen LogP contribution in [0.1, 0.15) is 0 Å². The van der Waals surface area contributed by atoms with Crippen LogP contribution in [-0.2, 0) is 150 Å². The number of hydrogen-bond acceptors (Lipinski definition) is 12. The summed E-state index contributed by atoms with van der Waals surface area (Å²) in [6, 6.07) is 0. The average molecular weight is 604 g/mol. The van der Waals surface area contributed by atoms with Crippen molar-refractivity contribution >= 4 is 0 Å². The Morgan fingerprint density at radius 1 is 0.364 bits per heavy atom. The molecule has 0 fully saturated rings. The summed E-state index contributed by atoms with van der Waals surface area (Å²) in [5.41, 5.74) is 0. The van der Waals surface area contributed by atoms with Gasteiger partial charge in [0.1, 0.15) is 0 Å². The summed E-state index contributed by atoms with van der Waals surface area (Å²) in [6.45, 7) is 0. The Morgan fingerprint density at radius 3 is 0.364 bits per heavy atom. The number of rotatable bonds is 0.